The van der Waals surface area contributed by atoms with Gasteiger partial charge in [0.05, 0.1) is 18.9 Å². The molecule has 0 heterocycles. The number of rotatable bonds is 11. The van der Waals surface area contributed by atoms with Crippen molar-refractivity contribution in [2.45, 2.75) is 26.3 Å². The van der Waals surface area contributed by atoms with Crippen LogP contribution in [-0.2, 0) is 14.6 Å². The summed E-state index contributed by atoms with van der Waals surface area (Å²) in [5.74, 6) is 0.906. The number of ether oxygens (including phenoxy) is 1. The van der Waals surface area contributed by atoms with Crippen molar-refractivity contribution in [3.63, 3.8) is 0 Å². The molecule has 1 unspecified atom stereocenters. The van der Waals surface area contributed by atoms with E-state index in [2.05, 4.69) is 20.5 Å². The fourth-order valence-corrected chi connectivity index (χ4v) is 2.49. The summed E-state index contributed by atoms with van der Waals surface area (Å²) in [6.07, 6.45) is 1.83. The Balaban J connectivity index is 4.24. The summed E-state index contributed by atoms with van der Waals surface area (Å²) >= 11 is 0. The van der Waals surface area contributed by atoms with E-state index in [1.807, 2.05) is 20.9 Å². The van der Waals surface area contributed by atoms with Gasteiger partial charge in [0, 0.05) is 39.0 Å². The van der Waals surface area contributed by atoms with Crippen molar-refractivity contribution in [2.75, 3.05) is 59.0 Å². The highest BCUT2D eigenvalue weighted by Gasteiger charge is 2.09. The van der Waals surface area contributed by atoms with Gasteiger partial charge in [-0.2, -0.15) is 0 Å². The van der Waals surface area contributed by atoms with Crippen molar-refractivity contribution >= 4 is 15.8 Å². The molecule has 0 saturated carbocycles. The van der Waals surface area contributed by atoms with E-state index in [1.165, 1.54) is 6.26 Å². The number of nitrogens with one attached hydrogen (secondary N) is 2. The highest BCUT2D eigenvalue weighted by Crippen LogP contribution is 1.95. The molecule has 0 aromatic heterocycles. The number of aliphatic imine (C=N–C) groups is 1. The summed E-state index contributed by atoms with van der Waals surface area (Å²) in [5.41, 5.74) is 0. The highest BCUT2D eigenvalue weighted by atomic mass is 32.2. The monoisotopic (exact) mass is 336 g/mol. The van der Waals surface area contributed by atoms with Gasteiger partial charge in [-0.05, 0) is 27.3 Å². The van der Waals surface area contributed by atoms with Crippen molar-refractivity contribution in [2.24, 2.45) is 4.99 Å². The molecule has 0 rings (SSSR count). The van der Waals surface area contributed by atoms with Gasteiger partial charge < -0.3 is 20.3 Å². The SMILES string of the molecule is CCNC(=NCCN(C)CCOC)NC(C)CCS(C)(=O)=O. The Hall–Kier alpha value is -0.860. The van der Waals surface area contributed by atoms with Gasteiger partial charge in [-0.1, -0.05) is 0 Å². The number of hydrogen-bond acceptors (Lipinski definition) is 5. The maximum absolute atomic E-state index is 11.2. The van der Waals surface area contributed by atoms with Crippen LogP contribution in [0.3, 0.4) is 0 Å². The van der Waals surface area contributed by atoms with Crippen LogP contribution in [0.25, 0.3) is 0 Å². The van der Waals surface area contributed by atoms with Crippen molar-refractivity contribution in [1.29, 1.82) is 0 Å². The molecule has 0 aromatic rings. The summed E-state index contributed by atoms with van der Waals surface area (Å²) in [5, 5.41) is 6.41. The Bertz CT molecular complexity index is 412. The zero-order chi connectivity index (χ0) is 17.0. The van der Waals surface area contributed by atoms with Crippen LogP contribution in [0.4, 0.5) is 0 Å². The van der Waals surface area contributed by atoms with E-state index >= 15 is 0 Å². The highest BCUT2D eigenvalue weighted by molar-refractivity contribution is 7.90. The smallest absolute Gasteiger partial charge is 0.191 e. The molecular weight excluding hydrogens is 304 g/mol. The average Bonchev–Trinajstić information content (AvgIpc) is 2.42. The quantitative estimate of drug-likeness (QED) is 0.406. The maximum Gasteiger partial charge on any atom is 0.191 e. The second-order valence-corrected chi connectivity index (χ2v) is 7.78. The van der Waals surface area contributed by atoms with Crippen molar-refractivity contribution < 1.29 is 13.2 Å². The molecule has 8 heteroatoms. The molecule has 2 N–H and O–H groups in total. The molecule has 0 aromatic carbocycles. The maximum atomic E-state index is 11.2. The third-order valence-electron chi connectivity index (χ3n) is 3.08. The summed E-state index contributed by atoms with van der Waals surface area (Å²) < 4.78 is 27.4. The lowest BCUT2D eigenvalue weighted by molar-refractivity contribution is 0.163. The van der Waals surface area contributed by atoms with Gasteiger partial charge in [-0.15, -0.1) is 0 Å². The Morgan fingerprint density at radius 1 is 1.36 bits per heavy atom. The first kappa shape index (κ1) is 21.1. The van der Waals surface area contributed by atoms with E-state index < -0.39 is 9.84 Å². The number of methoxy groups -OCH3 is 1. The number of hydrogen-bond donors (Lipinski definition) is 2. The Morgan fingerprint density at radius 2 is 2.05 bits per heavy atom. The minimum atomic E-state index is -2.92. The number of nitrogens with zero attached hydrogens (tertiary/aromatic N) is 2. The average molecular weight is 337 g/mol. The zero-order valence-corrected chi connectivity index (χ0v) is 15.4. The van der Waals surface area contributed by atoms with Crippen LogP contribution in [0.2, 0.25) is 0 Å². The standard InChI is InChI=1S/C14H32N4O3S/c1-6-15-14(16-8-9-18(3)10-11-21-4)17-13(2)7-12-22(5,19)20/h13H,6-12H2,1-5H3,(H2,15,16,17). The van der Waals surface area contributed by atoms with Crippen LogP contribution < -0.4 is 10.6 Å². The van der Waals surface area contributed by atoms with Crippen LogP contribution >= 0.6 is 0 Å². The number of guanidine groups is 1. The van der Waals surface area contributed by atoms with Crippen LogP contribution in [0.5, 0.6) is 0 Å². The van der Waals surface area contributed by atoms with Crippen LogP contribution in [0, 0.1) is 0 Å². The molecule has 0 fully saturated rings. The van der Waals surface area contributed by atoms with Gasteiger partial charge in [0.1, 0.15) is 9.84 Å². The van der Waals surface area contributed by atoms with Crippen molar-refractivity contribution in [1.82, 2.24) is 15.5 Å². The second-order valence-electron chi connectivity index (χ2n) is 5.52. The molecule has 132 valence electrons. The molecule has 0 aliphatic heterocycles. The van der Waals surface area contributed by atoms with Crippen LogP contribution in [-0.4, -0.2) is 84.3 Å². The number of likely N-dealkylation sites (N-methyl/N-ethyl adjacent to an activating group) is 1. The normalized spacial score (nSPS) is 14.2. The fourth-order valence-electron chi connectivity index (χ4n) is 1.71. The molecule has 7 nitrogen and oxygen atoms in total. The fraction of sp³-hybridized carbons (Fsp3) is 0.929. The zero-order valence-electron chi connectivity index (χ0n) is 14.6. The molecule has 0 saturated heterocycles. The second kappa shape index (κ2) is 11.7. The predicted octanol–water partition coefficient (Wildman–Crippen LogP) is -0.0571. The summed E-state index contributed by atoms with van der Waals surface area (Å²) in [6.45, 7) is 7.84. The molecule has 0 spiro atoms. The van der Waals surface area contributed by atoms with E-state index in [9.17, 15) is 8.42 Å². The molecule has 1 atom stereocenters. The summed E-state index contributed by atoms with van der Waals surface area (Å²) in [6, 6.07) is 0.0544. The summed E-state index contributed by atoms with van der Waals surface area (Å²) in [4.78, 5) is 6.66. The number of sulfone groups is 1. The largest absolute Gasteiger partial charge is 0.383 e. The molecule has 22 heavy (non-hydrogen) atoms. The minimum absolute atomic E-state index is 0.0544. The third kappa shape index (κ3) is 12.8. The van der Waals surface area contributed by atoms with Gasteiger partial charge in [-0.3, -0.25) is 4.99 Å². The lowest BCUT2D eigenvalue weighted by Gasteiger charge is -2.18. The van der Waals surface area contributed by atoms with Crippen molar-refractivity contribution in [3.8, 4) is 0 Å². The molecule has 0 aliphatic rings. The molecule has 0 aliphatic carbocycles. The lowest BCUT2D eigenvalue weighted by Crippen LogP contribution is -2.43. The van der Waals surface area contributed by atoms with Gasteiger partial charge in [0.15, 0.2) is 5.96 Å². The van der Waals surface area contributed by atoms with Crippen LogP contribution in [0.1, 0.15) is 20.3 Å². The van der Waals surface area contributed by atoms with Crippen molar-refractivity contribution in [3.05, 3.63) is 0 Å². The van der Waals surface area contributed by atoms with E-state index in [0.717, 1.165) is 25.6 Å². The molecular formula is C14H32N4O3S. The van der Waals surface area contributed by atoms with Crippen LogP contribution in [0.15, 0.2) is 4.99 Å². The van der Waals surface area contributed by atoms with E-state index in [1.54, 1.807) is 7.11 Å². The van der Waals surface area contributed by atoms with Gasteiger partial charge in [0.25, 0.3) is 0 Å². The van der Waals surface area contributed by atoms with Gasteiger partial charge >= 0.3 is 0 Å². The Kier molecular flexibility index (Phi) is 11.2. The third-order valence-corrected chi connectivity index (χ3v) is 4.06. The first-order valence-corrected chi connectivity index (χ1v) is 9.74. The van der Waals surface area contributed by atoms with Gasteiger partial charge in [-0.25, -0.2) is 8.42 Å². The topological polar surface area (TPSA) is 83.0 Å². The van der Waals surface area contributed by atoms with E-state index in [-0.39, 0.29) is 11.8 Å². The Labute approximate surface area is 135 Å². The first-order chi connectivity index (χ1) is 10.3. The van der Waals surface area contributed by atoms with E-state index in [4.69, 9.17) is 4.74 Å². The lowest BCUT2D eigenvalue weighted by atomic mass is 10.3. The Morgan fingerprint density at radius 3 is 2.59 bits per heavy atom. The predicted molar refractivity (Wildman–Crippen MR) is 92.3 cm³/mol. The van der Waals surface area contributed by atoms with E-state index in [0.29, 0.717) is 19.6 Å². The minimum Gasteiger partial charge on any atom is -0.383 e. The molecule has 0 radical (unpaired) electrons. The molecule has 0 bridgehead atoms. The van der Waals surface area contributed by atoms with Gasteiger partial charge in [0.2, 0.25) is 0 Å². The summed E-state index contributed by atoms with van der Waals surface area (Å²) in [7, 11) is 0.800. The first-order valence-electron chi connectivity index (χ1n) is 7.68. The molecule has 0 amide bonds.